The van der Waals surface area contributed by atoms with E-state index in [1.165, 1.54) is 7.05 Å². The van der Waals surface area contributed by atoms with Gasteiger partial charge in [0.15, 0.2) is 5.82 Å². The van der Waals surface area contributed by atoms with E-state index >= 15 is 0 Å². The molecule has 1 aromatic rings. The number of nitrogens with one attached hydrogen (secondary N) is 2. The van der Waals surface area contributed by atoms with Crippen LogP contribution in [0.3, 0.4) is 0 Å². The van der Waals surface area contributed by atoms with E-state index < -0.39 is 4.92 Å². The fourth-order valence-electron chi connectivity index (χ4n) is 1.16. The van der Waals surface area contributed by atoms with Crippen LogP contribution in [0.1, 0.15) is 5.56 Å². The summed E-state index contributed by atoms with van der Waals surface area (Å²) < 4.78 is 0.677. The van der Waals surface area contributed by atoms with E-state index in [2.05, 4.69) is 31.5 Å². The standard InChI is InChI=1S/C10H11BrN4O3/c1-12-9(6-15(17)18)14-10(16)4-7-2-3-8(11)13-5-7/h2-3,5-6,12H,4H2,1H3,(H,14,16)/b9-6+. The van der Waals surface area contributed by atoms with Gasteiger partial charge < -0.3 is 10.6 Å². The molecule has 0 aliphatic carbocycles. The van der Waals surface area contributed by atoms with Crippen LogP contribution < -0.4 is 10.6 Å². The number of amides is 1. The maximum absolute atomic E-state index is 11.6. The Morgan fingerprint density at radius 1 is 1.61 bits per heavy atom. The summed E-state index contributed by atoms with van der Waals surface area (Å²) in [6, 6.07) is 3.46. The minimum Gasteiger partial charge on any atom is -0.369 e. The minimum atomic E-state index is -0.646. The van der Waals surface area contributed by atoms with Gasteiger partial charge in [-0.05, 0) is 27.6 Å². The monoisotopic (exact) mass is 314 g/mol. The van der Waals surface area contributed by atoms with Crippen molar-refractivity contribution in [2.24, 2.45) is 0 Å². The molecule has 0 bridgehead atoms. The topological polar surface area (TPSA) is 97.2 Å². The highest BCUT2D eigenvalue weighted by atomic mass is 79.9. The summed E-state index contributed by atoms with van der Waals surface area (Å²) in [4.78, 5) is 25.2. The quantitative estimate of drug-likeness (QED) is 0.476. The second-order valence-electron chi connectivity index (χ2n) is 3.29. The Balaban J connectivity index is 2.61. The van der Waals surface area contributed by atoms with Crippen molar-refractivity contribution in [2.45, 2.75) is 6.42 Å². The third-order valence-electron chi connectivity index (χ3n) is 1.93. The van der Waals surface area contributed by atoms with Gasteiger partial charge in [0, 0.05) is 13.2 Å². The average molecular weight is 315 g/mol. The number of aromatic nitrogens is 1. The molecule has 0 saturated carbocycles. The van der Waals surface area contributed by atoms with Crippen LogP contribution in [0.4, 0.5) is 0 Å². The molecule has 0 aliphatic heterocycles. The predicted octanol–water partition coefficient (Wildman–Crippen LogP) is 0.798. The van der Waals surface area contributed by atoms with Gasteiger partial charge in [-0.3, -0.25) is 14.9 Å². The Hall–Kier alpha value is -1.96. The Morgan fingerprint density at radius 3 is 2.83 bits per heavy atom. The fraction of sp³-hybridized carbons (Fsp3) is 0.200. The highest BCUT2D eigenvalue weighted by molar-refractivity contribution is 9.10. The number of carbonyl (C=O) groups is 1. The zero-order valence-corrected chi connectivity index (χ0v) is 11.1. The predicted molar refractivity (Wildman–Crippen MR) is 67.9 cm³/mol. The van der Waals surface area contributed by atoms with Gasteiger partial charge in [-0.25, -0.2) is 4.98 Å². The van der Waals surface area contributed by atoms with Crippen LogP contribution in [0.5, 0.6) is 0 Å². The van der Waals surface area contributed by atoms with Gasteiger partial charge in [-0.1, -0.05) is 6.07 Å². The lowest BCUT2D eigenvalue weighted by atomic mass is 10.2. The van der Waals surface area contributed by atoms with Crippen molar-refractivity contribution in [3.05, 3.63) is 50.6 Å². The van der Waals surface area contributed by atoms with Crippen molar-refractivity contribution in [1.29, 1.82) is 0 Å². The van der Waals surface area contributed by atoms with Crippen LogP contribution in [-0.2, 0) is 11.2 Å². The molecule has 1 heterocycles. The zero-order valence-electron chi connectivity index (χ0n) is 9.51. The fourth-order valence-corrected chi connectivity index (χ4v) is 1.39. The summed E-state index contributed by atoms with van der Waals surface area (Å²) in [5.41, 5.74) is 0.715. The van der Waals surface area contributed by atoms with E-state index in [0.717, 1.165) is 0 Å². The lowest BCUT2D eigenvalue weighted by Gasteiger charge is -2.06. The summed E-state index contributed by atoms with van der Waals surface area (Å²) in [6.07, 6.45) is 2.34. The molecule has 18 heavy (non-hydrogen) atoms. The second-order valence-corrected chi connectivity index (χ2v) is 4.10. The van der Waals surface area contributed by atoms with Gasteiger partial charge in [-0.2, -0.15) is 0 Å². The molecule has 96 valence electrons. The Morgan fingerprint density at radius 2 is 2.33 bits per heavy atom. The van der Waals surface area contributed by atoms with Crippen molar-refractivity contribution in [3.8, 4) is 0 Å². The van der Waals surface area contributed by atoms with E-state index in [0.29, 0.717) is 16.4 Å². The normalized spacial score (nSPS) is 10.9. The van der Waals surface area contributed by atoms with Gasteiger partial charge in [0.25, 0.3) is 6.20 Å². The van der Waals surface area contributed by atoms with E-state index in [-0.39, 0.29) is 18.1 Å². The average Bonchev–Trinajstić information content (AvgIpc) is 2.30. The van der Waals surface area contributed by atoms with Crippen molar-refractivity contribution >= 4 is 21.8 Å². The minimum absolute atomic E-state index is 0.0371. The third-order valence-corrected chi connectivity index (χ3v) is 2.40. The number of halogens is 1. The zero-order chi connectivity index (χ0) is 13.5. The molecule has 8 heteroatoms. The molecule has 0 radical (unpaired) electrons. The lowest BCUT2D eigenvalue weighted by molar-refractivity contribution is -0.404. The first-order valence-electron chi connectivity index (χ1n) is 4.94. The van der Waals surface area contributed by atoms with E-state index in [9.17, 15) is 14.9 Å². The Kier molecular flexibility index (Phi) is 5.25. The van der Waals surface area contributed by atoms with Gasteiger partial charge in [-0.15, -0.1) is 0 Å². The van der Waals surface area contributed by atoms with Gasteiger partial charge in [0.1, 0.15) is 4.60 Å². The largest absolute Gasteiger partial charge is 0.369 e. The van der Waals surface area contributed by atoms with E-state index in [1.807, 2.05) is 0 Å². The molecule has 0 atom stereocenters. The van der Waals surface area contributed by atoms with Crippen molar-refractivity contribution in [3.63, 3.8) is 0 Å². The Labute approximate surface area is 112 Å². The Bertz CT molecular complexity index is 473. The number of hydrogen-bond donors (Lipinski definition) is 2. The highest BCUT2D eigenvalue weighted by Gasteiger charge is 2.08. The van der Waals surface area contributed by atoms with Gasteiger partial charge in [0.05, 0.1) is 11.3 Å². The van der Waals surface area contributed by atoms with Gasteiger partial charge >= 0.3 is 0 Å². The summed E-state index contributed by atoms with van der Waals surface area (Å²) >= 11 is 3.18. The van der Waals surface area contributed by atoms with E-state index in [1.54, 1.807) is 18.3 Å². The van der Waals surface area contributed by atoms with Gasteiger partial charge in [0.2, 0.25) is 5.91 Å². The van der Waals surface area contributed by atoms with Crippen molar-refractivity contribution < 1.29 is 9.72 Å². The summed E-state index contributed by atoms with van der Waals surface area (Å²) in [6.45, 7) is 0. The molecule has 1 amide bonds. The maximum Gasteiger partial charge on any atom is 0.274 e. The maximum atomic E-state index is 11.6. The molecular weight excluding hydrogens is 304 g/mol. The van der Waals surface area contributed by atoms with Crippen LogP contribution >= 0.6 is 15.9 Å². The molecular formula is C10H11BrN4O3. The molecule has 0 unspecified atom stereocenters. The molecule has 0 saturated heterocycles. The van der Waals surface area contributed by atoms with E-state index in [4.69, 9.17) is 0 Å². The molecule has 1 rings (SSSR count). The third kappa shape index (κ3) is 4.91. The number of pyridine rings is 1. The second kappa shape index (κ2) is 6.70. The first-order valence-corrected chi connectivity index (χ1v) is 5.74. The number of carbonyl (C=O) groups excluding carboxylic acids is 1. The van der Waals surface area contributed by atoms with Crippen LogP contribution in [0, 0.1) is 10.1 Å². The summed E-state index contributed by atoms with van der Waals surface area (Å²) in [5, 5.41) is 15.2. The molecule has 0 aliphatic rings. The lowest BCUT2D eigenvalue weighted by Crippen LogP contribution is -2.31. The molecule has 0 aromatic carbocycles. The molecule has 2 N–H and O–H groups in total. The summed E-state index contributed by atoms with van der Waals surface area (Å²) in [5.74, 6) is -0.323. The summed E-state index contributed by atoms with van der Waals surface area (Å²) in [7, 11) is 1.48. The first-order chi connectivity index (χ1) is 8.51. The molecule has 1 aromatic heterocycles. The van der Waals surface area contributed by atoms with Crippen molar-refractivity contribution in [1.82, 2.24) is 15.6 Å². The number of hydrogen-bond acceptors (Lipinski definition) is 5. The molecule has 7 nitrogen and oxygen atoms in total. The van der Waals surface area contributed by atoms with Crippen LogP contribution in [0.2, 0.25) is 0 Å². The SMILES string of the molecule is CN/C(=C\[N+](=O)[O-])NC(=O)Cc1ccc(Br)nc1. The van der Waals surface area contributed by atoms with Crippen molar-refractivity contribution in [2.75, 3.05) is 7.05 Å². The number of nitro groups is 1. The highest BCUT2D eigenvalue weighted by Crippen LogP contribution is 2.06. The molecule has 0 fully saturated rings. The number of rotatable bonds is 5. The van der Waals surface area contributed by atoms with Crippen LogP contribution in [0.15, 0.2) is 35.0 Å². The van der Waals surface area contributed by atoms with Crippen LogP contribution in [0.25, 0.3) is 0 Å². The smallest absolute Gasteiger partial charge is 0.274 e. The molecule has 0 spiro atoms. The number of nitrogens with zero attached hydrogens (tertiary/aromatic N) is 2. The van der Waals surface area contributed by atoms with Crippen LogP contribution in [-0.4, -0.2) is 22.9 Å². The first kappa shape index (κ1) is 14.1.